The highest BCUT2D eigenvalue weighted by atomic mass is 35.5. The van der Waals surface area contributed by atoms with Crippen LogP contribution in [0.1, 0.15) is 12.8 Å². The predicted molar refractivity (Wildman–Crippen MR) is 40.6 cm³/mol. The minimum atomic E-state index is -3.73. The summed E-state index contributed by atoms with van der Waals surface area (Å²) in [6.07, 6.45) is 1.00. The Morgan fingerprint density at radius 1 is 1.73 bits per heavy atom. The molecule has 0 aromatic rings. The smallest absolute Gasteiger partial charge is 0.302 e. The third-order valence-corrected chi connectivity index (χ3v) is 2.70. The van der Waals surface area contributed by atoms with E-state index in [0.717, 1.165) is 0 Å². The molecule has 0 aliphatic carbocycles. The number of halogens is 1. The molecule has 6 heteroatoms. The summed E-state index contributed by atoms with van der Waals surface area (Å²) in [5.41, 5.74) is 0. The van der Waals surface area contributed by atoms with Crippen LogP contribution in [0.2, 0.25) is 0 Å². The summed E-state index contributed by atoms with van der Waals surface area (Å²) >= 11 is 5.44. The fourth-order valence-corrected chi connectivity index (χ4v) is 2.12. The standard InChI is InChI=1S/C5H10ClO4P/c6-3-1-5-2-4-9-11(7,8)10-5/h5H,1-4H2,(H,7,8). The second kappa shape index (κ2) is 3.87. The molecule has 1 heterocycles. The van der Waals surface area contributed by atoms with Crippen molar-refractivity contribution in [2.45, 2.75) is 18.9 Å². The van der Waals surface area contributed by atoms with Crippen molar-refractivity contribution in [3.05, 3.63) is 0 Å². The van der Waals surface area contributed by atoms with Gasteiger partial charge in [-0.2, -0.15) is 0 Å². The molecular formula is C5H10ClO4P. The number of phosphoric acid groups is 1. The lowest BCUT2D eigenvalue weighted by Crippen LogP contribution is -2.20. The van der Waals surface area contributed by atoms with Crippen LogP contribution in [0, 0.1) is 0 Å². The molecular weight excluding hydrogens is 190 g/mol. The molecule has 0 bridgehead atoms. The van der Waals surface area contributed by atoms with E-state index in [2.05, 4.69) is 4.52 Å². The van der Waals surface area contributed by atoms with E-state index in [1.54, 1.807) is 0 Å². The van der Waals surface area contributed by atoms with Gasteiger partial charge >= 0.3 is 7.82 Å². The Hall–Kier alpha value is 0.400. The van der Waals surface area contributed by atoms with Crippen LogP contribution in [-0.4, -0.2) is 23.5 Å². The zero-order chi connectivity index (χ0) is 8.32. The van der Waals surface area contributed by atoms with Crippen LogP contribution in [-0.2, 0) is 13.6 Å². The lowest BCUT2D eigenvalue weighted by molar-refractivity contribution is 0.0461. The lowest BCUT2D eigenvalue weighted by atomic mass is 10.2. The van der Waals surface area contributed by atoms with E-state index in [1.807, 2.05) is 0 Å². The quantitative estimate of drug-likeness (QED) is 0.542. The monoisotopic (exact) mass is 200 g/mol. The van der Waals surface area contributed by atoms with E-state index in [1.165, 1.54) is 0 Å². The maximum absolute atomic E-state index is 10.8. The van der Waals surface area contributed by atoms with Crippen molar-refractivity contribution in [3.8, 4) is 0 Å². The Kier molecular flexibility index (Phi) is 3.34. The van der Waals surface area contributed by atoms with Crippen LogP contribution in [0.25, 0.3) is 0 Å². The van der Waals surface area contributed by atoms with Gasteiger partial charge in [0.2, 0.25) is 0 Å². The van der Waals surface area contributed by atoms with Crippen LogP contribution in [0.3, 0.4) is 0 Å². The van der Waals surface area contributed by atoms with E-state index in [4.69, 9.17) is 21.0 Å². The van der Waals surface area contributed by atoms with Gasteiger partial charge in [-0.25, -0.2) is 4.57 Å². The van der Waals surface area contributed by atoms with Gasteiger partial charge in [0.15, 0.2) is 0 Å². The molecule has 0 radical (unpaired) electrons. The number of hydrogen-bond acceptors (Lipinski definition) is 3. The topological polar surface area (TPSA) is 55.8 Å². The first-order valence-electron chi connectivity index (χ1n) is 3.36. The highest BCUT2D eigenvalue weighted by Gasteiger charge is 2.30. The van der Waals surface area contributed by atoms with E-state index < -0.39 is 7.82 Å². The van der Waals surface area contributed by atoms with Gasteiger partial charge in [-0.3, -0.25) is 9.05 Å². The molecule has 0 aromatic carbocycles. The molecule has 2 unspecified atom stereocenters. The maximum atomic E-state index is 10.8. The minimum Gasteiger partial charge on any atom is -0.302 e. The number of hydrogen-bond donors (Lipinski definition) is 1. The van der Waals surface area contributed by atoms with Gasteiger partial charge in [0, 0.05) is 5.88 Å². The van der Waals surface area contributed by atoms with Crippen LogP contribution in [0.15, 0.2) is 0 Å². The molecule has 0 spiro atoms. The van der Waals surface area contributed by atoms with Crippen molar-refractivity contribution in [1.82, 2.24) is 0 Å². The Balaban J connectivity index is 2.40. The predicted octanol–water partition coefficient (Wildman–Crippen LogP) is 1.52. The Bertz CT molecular complexity index is 172. The second-order valence-electron chi connectivity index (χ2n) is 2.30. The zero-order valence-electron chi connectivity index (χ0n) is 5.90. The molecule has 1 rings (SSSR count). The summed E-state index contributed by atoms with van der Waals surface area (Å²) in [5, 5.41) is 0. The van der Waals surface area contributed by atoms with Crippen molar-refractivity contribution in [3.63, 3.8) is 0 Å². The molecule has 1 saturated heterocycles. The van der Waals surface area contributed by atoms with Gasteiger partial charge < -0.3 is 4.89 Å². The van der Waals surface area contributed by atoms with E-state index >= 15 is 0 Å². The lowest BCUT2D eigenvalue weighted by Gasteiger charge is -2.24. The largest absolute Gasteiger partial charge is 0.472 e. The Labute approximate surface area is 70.1 Å². The number of rotatable bonds is 2. The van der Waals surface area contributed by atoms with Crippen molar-refractivity contribution in [1.29, 1.82) is 0 Å². The summed E-state index contributed by atoms with van der Waals surface area (Å²) in [4.78, 5) is 8.84. The molecule has 1 fully saturated rings. The van der Waals surface area contributed by atoms with Crippen molar-refractivity contribution in [2.24, 2.45) is 0 Å². The molecule has 2 atom stereocenters. The first-order chi connectivity index (χ1) is 5.14. The molecule has 4 nitrogen and oxygen atoms in total. The zero-order valence-corrected chi connectivity index (χ0v) is 7.55. The van der Waals surface area contributed by atoms with Gasteiger partial charge in [0.1, 0.15) is 0 Å². The molecule has 0 amide bonds. The van der Waals surface area contributed by atoms with Gasteiger partial charge in [0.25, 0.3) is 0 Å². The second-order valence-corrected chi connectivity index (χ2v) is 4.08. The average Bonchev–Trinajstić information content (AvgIpc) is 1.85. The van der Waals surface area contributed by atoms with Gasteiger partial charge in [-0.05, 0) is 12.8 Å². The van der Waals surface area contributed by atoms with E-state index in [0.29, 0.717) is 18.7 Å². The minimum absolute atomic E-state index is 0.225. The summed E-state index contributed by atoms with van der Waals surface area (Å²) < 4.78 is 20.0. The SMILES string of the molecule is O=P1(O)OCCC(CCCl)O1. The van der Waals surface area contributed by atoms with E-state index in [-0.39, 0.29) is 12.7 Å². The third-order valence-electron chi connectivity index (χ3n) is 1.41. The molecule has 1 aliphatic heterocycles. The molecule has 66 valence electrons. The first-order valence-corrected chi connectivity index (χ1v) is 5.39. The fourth-order valence-electron chi connectivity index (χ4n) is 0.890. The Morgan fingerprint density at radius 2 is 2.45 bits per heavy atom. The van der Waals surface area contributed by atoms with Gasteiger partial charge in [0.05, 0.1) is 12.7 Å². The van der Waals surface area contributed by atoms with Crippen molar-refractivity contribution in [2.75, 3.05) is 12.5 Å². The molecule has 0 saturated carbocycles. The van der Waals surface area contributed by atoms with E-state index in [9.17, 15) is 4.57 Å². The summed E-state index contributed by atoms with van der Waals surface area (Å²) in [6, 6.07) is 0. The van der Waals surface area contributed by atoms with Crippen LogP contribution in [0.4, 0.5) is 0 Å². The van der Waals surface area contributed by atoms with Crippen LogP contribution in [0.5, 0.6) is 0 Å². The highest BCUT2D eigenvalue weighted by Crippen LogP contribution is 2.48. The van der Waals surface area contributed by atoms with Crippen LogP contribution >= 0.6 is 19.4 Å². The molecule has 1 aliphatic rings. The number of phosphoric ester groups is 1. The van der Waals surface area contributed by atoms with Crippen molar-refractivity contribution < 1.29 is 18.5 Å². The van der Waals surface area contributed by atoms with Crippen molar-refractivity contribution >= 4 is 19.4 Å². The number of alkyl halides is 1. The molecule has 1 N–H and O–H groups in total. The maximum Gasteiger partial charge on any atom is 0.472 e. The third kappa shape index (κ3) is 3.09. The molecule has 0 aromatic heterocycles. The summed E-state index contributed by atoms with van der Waals surface area (Å²) in [5.74, 6) is 0.435. The summed E-state index contributed by atoms with van der Waals surface area (Å²) in [6.45, 7) is 0.273. The average molecular weight is 201 g/mol. The Morgan fingerprint density at radius 3 is 3.00 bits per heavy atom. The van der Waals surface area contributed by atoms with Gasteiger partial charge in [-0.15, -0.1) is 11.6 Å². The normalized spacial score (nSPS) is 38.9. The summed E-state index contributed by atoms with van der Waals surface area (Å²) in [7, 11) is -3.73. The first kappa shape index (κ1) is 9.49. The molecule has 11 heavy (non-hydrogen) atoms. The highest BCUT2D eigenvalue weighted by molar-refractivity contribution is 7.47. The fraction of sp³-hybridized carbons (Fsp3) is 1.00. The van der Waals surface area contributed by atoms with Crippen LogP contribution < -0.4 is 0 Å². The van der Waals surface area contributed by atoms with Gasteiger partial charge in [-0.1, -0.05) is 0 Å².